The van der Waals surface area contributed by atoms with Gasteiger partial charge in [-0.1, -0.05) is 12.1 Å². The van der Waals surface area contributed by atoms with Crippen LogP contribution in [0, 0.1) is 5.92 Å². The van der Waals surface area contributed by atoms with Crippen LogP contribution in [0.2, 0.25) is 0 Å². The summed E-state index contributed by atoms with van der Waals surface area (Å²) in [5.41, 5.74) is 2.12. The molecule has 1 fully saturated rings. The maximum Gasteiger partial charge on any atom is 0.303 e. The molecule has 1 aromatic rings. The van der Waals surface area contributed by atoms with E-state index in [1.54, 1.807) is 0 Å². The molecule has 0 aromatic heterocycles. The van der Waals surface area contributed by atoms with E-state index < -0.39 is 5.97 Å². The van der Waals surface area contributed by atoms with Crippen LogP contribution in [0.4, 0.5) is 5.69 Å². The van der Waals surface area contributed by atoms with Crippen molar-refractivity contribution in [2.45, 2.75) is 32.2 Å². The summed E-state index contributed by atoms with van der Waals surface area (Å²) < 4.78 is 5.40. The number of anilines is 1. The SMILES string of the molecule is CC(Nc1cccc(CCC(=O)O)c1)C1CCOC1. The second-order valence-electron chi connectivity index (χ2n) is 5.15. The first-order valence-corrected chi connectivity index (χ1v) is 6.80. The molecule has 0 amide bonds. The smallest absolute Gasteiger partial charge is 0.303 e. The van der Waals surface area contributed by atoms with Crippen molar-refractivity contribution in [2.75, 3.05) is 18.5 Å². The Kier molecular flexibility index (Phi) is 4.80. The predicted octanol–water partition coefficient (Wildman–Crippen LogP) is 2.54. The lowest BCUT2D eigenvalue weighted by Gasteiger charge is -2.20. The van der Waals surface area contributed by atoms with Crippen LogP contribution in [0.25, 0.3) is 0 Å². The van der Waals surface area contributed by atoms with E-state index in [0.29, 0.717) is 18.4 Å². The highest BCUT2D eigenvalue weighted by atomic mass is 16.5. The average Bonchev–Trinajstić information content (AvgIpc) is 2.91. The third kappa shape index (κ3) is 4.24. The number of carboxylic acids is 1. The molecule has 0 bridgehead atoms. The molecule has 4 heteroatoms. The molecule has 1 heterocycles. The van der Waals surface area contributed by atoms with Crippen LogP contribution in [-0.4, -0.2) is 30.3 Å². The van der Waals surface area contributed by atoms with Gasteiger partial charge in [0.2, 0.25) is 0 Å². The normalized spacial score (nSPS) is 20.2. The third-order valence-corrected chi connectivity index (χ3v) is 3.62. The van der Waals surface area contributed by atoms with E-state index in [9.17, 15) is 4.79 Å². The number of carboxylic acid groups (broad SMARTS) is 1. The minimum atomic E-state index is -0.755. The zero-order valence-electron chi connectivity index (χ0n) is 11.3. The van der Waals surface area contributed by atoms with Gasteiger partial charge in [0.25, 0.3) is 0 Å². The Bertz CT molecular complexity index is 427. The van der Waals surface area contributed by atoms with Crippen LogP contribution in [0.3, 0.4) is 0 Å². The van der Waals surface area contributed by atoms with E-state index in [2.05, 4.69) is 12.2 Å². The number of aliphatic carboxylic acids is 1. The van der Waals surface area contributed by atoms with Crippen molar-refractivity contribution in [3.8, 4) is 0 Å². The van der Waals surface area contributed by atoms with Crippen LogP contribution in [-0.2, 0) is 16.0 Å². The number of aryl methyl sites for hydroxylation is 1. The van der Waals surface area contributed by atoms with E-state index >= 15 is 0 Å². The van der Waals surface area contributed by atoms with Crippen molar-refractivity contribution in [1.82, 2.24) is 0 Å². The van der Waals surface area contributed by atoms with Gasteiger partial charge >= 0.3 is 5.97 Å². The molecule has 19 heavy (non-hydrogen) atoms. The largest absolute Gasteiger partial charge is 0.481 e. The molecule has 2 unspecified atom stereocenters. The molecule has 2 rings (SSSR count). The van der Waals surface area contributed by atoms with Crippen LogP contribution in [0.1, 0.15) is 25.3 Å². The highest BCUT2D eigenvalue weighted by Crippen LogP contribution is 2.21. The second kappa shape index (κ2) is 6.57. The lowest BCUT2D eigenvalue weighted by molar-refractivity contribution is -0.136. The van der Waals surface area contributed by atoms with Crippen LogP contribution in [0.15, 0.2) is 24.3 Å². The number of carbonyl (C=O) groups is 1. The summed E-state index contributed by atoms with van der Waals surface area (Å²) in [6, 6.07) is 8.37. The van der Waals surface area contributed by atoms with Crippen molar-refractivity contribution >= 4 is 11.7 Å². The fourth-order valence-corrected chi connectivity index (χ4v) is 2.40. The van der Waals surface area contributed by atoms with Gasteiger partial charge in [-0.05, 0) is 37.5 Å². The number of hydrogen-bond acceptors (Lipinski definition) is 3. The molecular weight excluding hydrogens is 242 g/mol. The molecule has 1 aliphatic heterocycles. The van der Waals surface area contributed by atoms with Gasteiger partial charge in [-0.3, -0.25) is 4.79 Å². The molecule has 1 aromatic carbocycles. The number of ether oxygens (including phenoxy) is 1. The first-order chi connectivity index (χ1) is 9.15. The molecule has 2 atom stereocenters. The fraction of sp³-hybridized carbons (Fsp3) is 0.533. The Hall–Kier alpha value is -1.55. The molecule has 0 spiro atoms. The zero-order valence-corrected chi connectivity index (χ0v) is 11.3. The van der Waals surface area contributed by atoms with Crippen molar-refractivity contribution in [3.63, 3.8) is 0 Å². The van der Waals surface area contributed by atoms with Gasteiger partial charge < -0.3 is 15.2 Å². The Morgan fingerprint density at radius 1 is 1.58 bits per heavy atom. The highest BCUT2D eigenvalue weighted by Gasteiger charge is 2.21. The molecule has 0 saturated carbocycles. The third-order valence-electron chi connectivity index (χ3n) is 3.62. The number of rotatable bonds is 6. The maximum absolute atomic E-state index is 10.6. The van der Waals surface area contributed by atoms with E-state index in [-0.39, 0.29) is 6.42 Å². The molecule has 0 aliphatic carbocycles. The number of nitrogens with one attached hydrogen (secondary N) is 1. The van der Waals surface area contributed by atoms with E-state index in [1.807, 2.05) is 24.3 Å². The van der Waals surface area contributed by atoms with Gasteiger partial charge in [-0.25, -0.2) is 0 Å². The second-order valence-corrected chi connectivity index (χ2v) is 5.15. The summed E-state index contributed by atoms with van der Waals surface area (Å²) in [6.45, 7) is 3.85. The van der Waals surface area contributed by atoms with E-state index in [1.165, 1.54) is 0 Å². The van der Waals surface area contributed by atoms with Crippen molar-refractivity contribution in [3.05, 3.63) is 29.8 Å². The van der Waals surface area contributed by atoms with Gasteiger partial charge in [-0.15, -0.1) is 0 Å². The maximum atomic E-state index is 10.6. The first kappa shape index (κ1) is 13.9. The monoisotopic (exact) mass is 263 g/mol. The Morgan fingerprint density at radius 3 is 3.11 bits per heavy atom. The fourth-order valence-electron chi connectivity index (χ4n) is 2.40. The summed E-state index contributed by atoms with van der Waals surface area (Å²) in [5, 5.41) is 12.2. The minimum Gasteiger partial charge on any atom is -0.481 e. The lowest BCUT2D eigenvalue weighted by Crippen LogP contribution is -2.26. The summed E-state index contributed by atoms with van der Waals surface area (Å²) in [6.07, 6.45) is 1.86. The van der Waals surface area contributed by atoms with Crippen molar-refractivity contribution < 1.29 is 14.6 Å². The average molecular weight is 263 g/mol. The summed E-state index contributed by atoms with van der Waals surface area (Å²) in [4.78, 5) is 10.6. The molecule has 4 nitrogen and oxygen atoms in total. The molecule has 0 radical (unpaired) electrons. The highest BCUT2D eigenvalue weighted by molar-refractivity contribution is 5.67. The predicted molar refractivity (Wildman–Crippen MR) is 74.4 cm³/mol. The first-order valence-electron chi connectivity index (χ1n) is 6.80. The summed E-state index contributed by atoms with van der Waals surface area (Å²) in [7, 11) is 0. The Morgan fingerprint density at radius 2 is 2.42 bits per heavy atom. The minimum absolute atomic E-state index is 0.176. The Labute approximate surface area is 113 Å². The lowest BCUT2D eigenvalue weighted by atomic mass is 10.00. The molecule has 104 valence electrons. The van der Waals surface area contributed by atoms with Crippen LogP contribution < -0.4 is 5.32 Å². The van der Waals surface area contributed by atoms with E-state index in [0.717, 1.165) is 30.9 Å². The number of hydrogen-bond donors (Lipinski definition) is 2. The molecule has 1 saturated heterocycles. The van der Waals surface area contributed by atoms with Gasteiger partial charge in [0.15, 0.2) is 0 Å². The quantitative estimate of drug-likeness (QED) is 0.828. The molecular formula is C15H21NO3. The molecule has 1 aliphatic rings. The topological polar surface area (TPSA) is 58.6 Å². The van der Waals surface area contributed by atoms with Crippen LogP contribution >= 0.6 is 0 Å². The standard InChI is InChI=1S/C15H21NO3/c1-11(13-7-8-19-10-13)16-14-4-2-3-12(9-14)5-6-15(17)18/h2-4,9,11,13,16H,5-8,10H2,1H3,(H,17,18). The number of benzene rings is 1. The zero-order chi connectivity index (χ0) is 13.7. The van der Waals surface area contributed by atoms with Crippen molar-refractivity contribution in [2.24, 2.45) is 5.92 Å². The van der Waals surface area contributed by atoms with Gasteiger partial charge in [-0.2, -0.15) is 0 Å². The molecule has 2 N–H and O–H groups in total. The van der Waals surface area contributed by atoms with Gasteiger partial charge in [0.05, 0.1) is 6.61 Å². The van der Waals surface area contributed by atoms with Crippen LogP contribution in [0.5, 0.6) is 0 Å². The van der Waals surface area contributed by atoms with Gasteiger partial charge in [0, 0.05) is 30.7 Å². The van der Waals surface area contributed by atoms with Gasteiger partial charge in [0.1, 0.15) is 0 Å². The summed E-state index contributed by atoms with van der Waals surface area (Å²) >= 11 is 0. The summed E-state index contributed by atoms with van der Waals surface area (Å²) in [5.74, 6) is -0.197. The Balaban J connectivity index is 1.92. The van der Waals surface area contributed by atoms with Crippen molar-refractivity contribution in [1.29, 1.82) is 0 Å². The van der Waals surface area contributed by atoms with E-state index in [4.69, 9.17) is 9.84 Å².